The molecule has 7 aromatic rings. The van der Waals surface area contributed by atoms with Crippen LogP contribution in [0.15, 0.2) is 144 Å². The summed E-state index contributed by atoms with van der Waals surface area (Å²) in [6.45, 7) is 0.481. The number of nitrogens with zero attached hydrogens (tertiary/aromatic N) is 2. The predicted octanol–water partition coefficient (Wildman–Crippen LogP) is 10.3. The van der Waals surface area contributed by atoms with Crippen molar-refractivity contribution in [1.29, 1.82) is 0 Å². The molecule has 0 spiro atoms. The average Bonchev–Trinajstić information content (AvgIpc) is 2.98. The molecule has 0 aliphatic heterocycles. The molecule has 7 rings (SSSR count). The zero-order chi connectivity index (χ0) is 25.3. The molecule has 0 saturated heterocycles. The van der Waals surface area contributed by atoms with Gasteiger partial charge in [-0.25, -0.2) is 0 Å². The van der Waals surface area contributed by atoms with Gasteiger partial charge in [0.25, 0.3) is 0 Å². The van der Waals surface area contributed by atoms with Crippen molar-refractivity contribution in [2.75, 3.05) is 0 Å². The Morgan fingerprint density at radius 1 is 0.526 bits per heavy atom. The Morgan fingerprint density at radius 2 is 1.18 bits per heavy atom. The van der Waals surface area contributed by atoms with Crippen LogP contribution in [0, 0.1) is 0 Å². The monoisotopic (exact) mass is 488 g/mol. The molecule has 0 amide bonds. The van der Waals surface area contributed by atoms with Crippen LogP contribution in [-0.2, 0) is 6.54 Å². The first-order chi connectivity index (χ1) is 18.8. The third-order valence-corrected chi connectivity index (χ3v) is 7.08. The first-order valence-electron chi connectivity index (χ1n) is 12.8. The molecule has 3 heteroatoms. The molecule has 0 N–H and O–H groups in total. The summed E-state index contributed by atoms with van der Waals surface area (Å²) in [7, 11) is 0. The molecule has 0 saturated carbocycles. The third kappa shape index (κ3) is 3.95. The lowest BCUT2D eigenvalue weighted by molar-refractivity contribution is 0.485. The second kappa shape index (κ2) is 9.45. The van der Waals surface area contributed by atoms with E-state index in [0.29, 0.717) is 18.0 Å². The van der Waals surface area contributed by atoms with E-state index in [4.69, 9.17) is 9.85 Å². The molecule has 3 nitrogen and oxygen atoms in total. The second-order valence-corrected chi connectivity index (χ2v) is 9.42. The van der Waals surface area contributed by atoms with Gasteiger partial charge >= 0.3 is 0 Å². The molecule has 0 bridgehead atoms. The van der Waals surface area contributed by atoms with Gasteiger partial charge in [0.1, 0.15) is 11.4 Å². The van der Waals surface area contributed by atoms with Gasteiger partial charge in [0.05, 0.1) is 6.54 Å². The van der Waals surface area contributed by atoms with Crippen molar-refractivity contribution in [1.82, 2.24) is 0 Å². The molecular formula is C35H24N2O. The van der Waals surface area contributed by atoms with Crippen LogP contribution in [0.1, 0.15) is 5.56 Å². The summed E-state index contributed by atoms with van der Waals surface area (Å²) in [6, 6.07) is 45.8. The molecular weight excluding hydrogens is 464 g/mol. The molecule has 0 fully saturated rings. The van der Waals surface area contributed by atoms with Crippen molar-refractivity contribution in [3.63, 3.8) is 0 Å². The number of azo groups is 1. The molecule has 38 heavy (non-hydrogen) atoms. The number of hydrogen-bond acceptors (Lipinski definition) is 3. The van der Waals surface area contributed by atoms with E-state index < -0.39 is 0 Å². The second-order valence-electron chi connectivity index (χ2n) is 9.42. The maximum atomic E-state index is 6.39. The van der Waals surface area contributed by atoms with Gasteiger partial charge < -0.3 is 4.74 Å². The molecule has 0 atom stereocenters. The van der Waals surface area contributed by atoms with Crippen molar-refractivity contribution >= 4 is 38.0 Å². The highest BCUT2D eigenvalue weighted by atomic mass is 16.5. The lowest BCUT2D eigenvalue weighted by Gasteiger charge is -2.14. The fourth-order valence-electron chi connectivity index (χ4n) is 5.28. The Kier molecular flexibility index (Phi) is 5.52. The van der Waals surface area contributed by atoms with Crippen LogP contribution in [0.5, 0.6) is 11.5 Å². The molecule has 0 aromatic heterocycles. The standard InChI is InChI=1S/C35H24N2O/c1-3-9-24(10-4-1)31-15-8-16-32(35(31)38-29-13-5-2-6-14-29)37-36-23-28-20-19-27-18-17-25-11-7-12-26-21-22-30(28)34(27)33(25)26/h1-22H,23H2. The minimum atomic E-state index is 0.481. The highest BCUT2D eigenvalue weighted by Crippen LogP contribution is 2.41. The van der Waals surface area contributed by atoms with Crippen molar-refractivity contribution in [3.05, 3.63) is 139 Å². The van der Waals surface area contributed by atoms with E-state index in [-0.39, 0.29) is 0 Å². The van der Waals surface area contributed by atoms with Gasteiger partial charge in [-0.3, -0.25) is 0 Å². The van der Waals surface area contributed by atoms with E-state index in [0.717, 1.165) is 22.4 Å². The minimum absolute atomic E-state index is 0.481. The zero-order valence-electron chi connectivity index (χ0n) is 20.7. The average molecular weight is 489 g/mol. The summed E-state index contributed by atoms with van der Waals surface area (Å²) in [6.07, 6.45) is 0. The van der Waals surface area contributed by atoms with E-state index in [1.165, 1.54) is 32.3 Å². The first kappa shape index (κ1) is 22.2. The smallest absolute Gasteiger partial charge is 0.162 e. The lowest BCUT2D eigenvalue weighted by atomic mass is 9.92. The van der Waals surface area contributed by atoms with Crippen LogP contribution in [-0.4, -0.2) is 0 Å². The third-order valence-electron chi connectivity index (χ3n) is 7.08. The van der Waals surface area contributed by atoms with E-state index in [2.05, 4.69) is 77.9 Å². The van der Waals surface area contributed by atoms with E-state index in [9.17, 15) is 0 Å². The summed E-state index contributed by atoms with van der Waals surface area (Å²) in [5, 5.41) is 17.0. The Morgan fingerprint density at radius 3 is 1.97 bits per heavy atom. The fourth-order valence-corrected chi connectivity index (χ4v) is 5.28. The predicted molar refractivity (Wildman–Crippen MR) is 157 cm³/mol. The van der Waals surface area contributed by atoms with Crippen molar-refractivity contribution in [2.24, 2.45) is 10.2 Å². The van der Waals surface area contributed by atoms with Crippen LogP contribution in [0.4, 0.5) is 5.69 Å². The lowest BCUT2D eigenvalue weighted by Crippen LogP contribution is -1.90. The van der Waals surface area contributed by atoms with Gasteiger partial charge in [0, 0.05) is 5.56 Å². The molecule has 0 aliphatic rings. The van der Waals surface area contributed by atoms with Crippen molar-refractivity contribution in [2.45, 2.75) is 6.54 Å². The Labute approximate surface area is 221 Å². The largest absolute Gasteiger partial charge is 0.454 e. The zero-order valence-corrected chi connectivity index (χ0v) is 20.7. The summed E-state index contributed by atoms with van der Waals surface area (Å²) in [5.74, 6) is 1.46. The van der Waals surface area contributed by atoms with Crippen LogP contribution >= 0.6 is 0 Å². The van der Waals surface area contributed by atoms with Gasteiger partial charge in [0.2, 0.25) is 0 Å². The molecule has 180 valence electrons. The van der Waals surface area contributed by atoms with Gasteiger partial charge in [-0.1, -0.05) is 115 Å². The minimum Gasteiger partial charge on any atom is -0.454 e. The summed E-state index contributed by atoms with van der Waals surface area (Å²) in [5.41, 5.74) is 3.91. The fraction of sp³-hybridized carbons (Fsp3) is 0.0286. The molecule has 0 aliphatic carbocycles. The van der Waals surface area contributed by atoms with Gasteiger partial charge in [0.15, 0.2) is 5.75 Å². The van der Waals surface area contributed by atoms with Crippen LogP contribution in [0.3, 0.4) is 0 Å². The first-order valence-corrected chi connectivity index (χ1v) is 12.8. The molecule has 0 unspecified atom stereocenters. The highest BCUT2D eigenvalue weighted by Gasteiger charge is 2.14. The molecule has 0 heterocycles. The Balaban J connectivity index is 1.29. The van der Waals surface area contributed by atoms with Crippen LogP contribution < -0.4 is 4.74 Å². The molecule has 0 radical (unpaired) electrons. The maximum absolute atomic E-state index is 6.39. The molecule has 7 aromatic carbocycles. The van der Waals surface area contributed by atoms with Crippen LogP contribution in [0.2, 0.25) is 0 Å². The number of benzene rings is 7. The van der Waals surface area contributed by atoms with E-state index in [1.54, 1.807) is 0 Å². The summed E-state index contributed by atoms with van der Waals surface area (Å²) in [4.78, 5) is 0. The quantitative estimate of drug-likeness (QED) is 0.169. The van der Waals surface area contributed by atoms with Crippen molar-refractivity contribution < 1.29 is 4.74 Å². The number of para-hydroxylation sites is 2. The Bertz CT molecular complexity index is 1890. The summed E-state index contributed by atoms with van der Waals surface area (Å²) < 4.78 is 6.39. The van der Waals surface area contributed by atoms with Crippen molar-refractivity contribution in [3.8, 4) is 22.6 Å². The number of rotatable bonds is 6. The topological polar surface area (TPSA) is 34.0 Å². The van der Waals surface area contributed by atoms with E-state index in [1.807, 2.05) is 60.7 Å². The normalized spacial score (nSPS) is 11.7. The Hall–Kier alpha value is -5.02. The van der Waals surface area contributed by atoms with Gasteiger partial charge in [-0.2, -0.15) is 10.2 Å². The number of hydrogen-bond donors (Lipinski definition) is 0. The van der Waals surface area contributed by atoms with Gasteiger partial charge in [-0.15, -0.1) is 0 Å². The maximum Gasteiger partial charge on any atom is 0.162 e. The SMILES string of the molecule is c1ccc(Oc2c(N=NCc3ccc4ccc5cccc6ccc3c4c56)cccc2-c2ccccc2)cc1. The van der Waals surface area contributed by atoms with Gasteiger partial charge in [-0.05, 0) is 61.6 Å². The van der Waals surface area contributed by atoms with Crippen LogP contribution in [0.25, 0.3) is 43.4 Å². The highest BCUT2D eigenvalue weighted by molar-refractivity contribution is 6.23. The summed E-state index contributed by atoms with van der Waals surface area (Å²) >= 11 is 0. The number of ether oxygens (including phenoxy) is 1. The van der Waals surface area contributed by atoms with E-state index >= 15 is 0 Å².